The van der Waals surface area contributed by atoms with Gasteiger partial charge in [0.05, 0.1) is 4.92 Å². The van der Waals surface area contributed by atoms with Gasteiger partial charge >= 0.3 is 0 Å². The predicted octanol–water partition coefficient (Wildman–Crippen LogP) is 3.53. The molecule has 0 fully saturated rings. The van der Waals surface area contributed by atoms with Crippen LogP contribution in [0.15, 0.2) is 36.4 Å². The topological polar surface area (TPSA) is 75.4 Å². The number of nitro groups is 1. The predicted molar refractivity (Wildman–Crippen MR) is 78.0 cm³/mol. The van der Waals surface area contributed by atoms with Crippen molar-refractivity contribution in [2.75, 3.05) is 5.32 Å². The summed E-state index contributed by atoms with van der Waals surface area (Å²) >= 11 is 0. The highest BCUT2D eigenvalue weighted by Crippen LogP contribution is 2.22. The maximum Gasteiger partial charge on any atom is 0.272 e. The summed E-state index contributed by atoms with van der Waals surface area (Å²) < 4.78 is 0. The maximum absolute atomic E-state index is 10.9. The first kappa shape index (κ1) is 13.9. The van der Waals surface area contributed by atoms with Gasteiger partial charge in [0.25, 0.3) is 5.69 Å². The SMILES string of the molecule is Cc1cc(NCc2ccc(C)c([N+](=O)[O-])c2)ccc1O. The Balaban J connectivity index is 2.12. The van der Waals surface area contributed by atoms with Crippen LogP contribution in [0.25, 0.3) is 0 Å². The standard InChI is InChI=1S/C15H16N2O3/c1-10-3-4-12(8-14(10)17(19)20)9-16-13-5-6-15(18)11(2)7-13/h3-8,16,18H,9H2,1-2H3. The van der Waals surface area contributed by atoms with Crippen molar-refractivity contribution in [2.24, 2.45) is 0 Å². The van der Waals surface area contributed by atoms with E-state index in [1.807, 2.05) is 19.1 Å². The Bertz CT molecular complexity index is 654. The summed E-state index contributed by atoms with van der Waals surface area (Å²) in [5.74, 6) is 0.251. The Kier molecular flexibility index (Phi) is 3.89. The van der Waals surface area contributed by atoms with E-state index in [9.17, 15) is 15.2 Å². The van der Waals surface area contributed by atoms with Crippen molar-refractivity contribution in [3.05, 3.63) is 63.2 Å². The number of aromatic hydroxyl groups is 1. The van der Waals surface area contributed by atoms with Gasteiger partial charge in [-0.2, -0.15) is 0 Å². The van der Waals surface area contributed by atoms with Crippen molar-refractivity contribution in [3.8, 4) is 5.75 Å². The Labute approximate surface area is 117 Å². The van der Waals surface area contributed by atoms with Gasteiger partial charge in [0.15, 0.2) is 0 Å². The molecule has 5 nitrogen and oxygen atoms in total. The molecule has 2 N–H and O–H groups in total. The lowest BCUT2D eigenvalue weighted by Crippen LogP contribution is -2.01. The lowest BCUT2D eigenvalue weighted by Gasteiger charge is -2.09. The second-order valence-electron chi connectivity index (χ2n) is 4.73. The average Bonchev–Trinajstić information content (AvgIpc) is 2.41. The molecule has 0 aromatic heterocycles. The monoisotopic (exact) mass is 272 g/mol. The number of aryl methyl sites for hydroxylation is 2. The fourth-order valence-electron chi connectivity index (χ4n) is 1.93. The number of hydrogen-bond donors (Lipinski definition) is 2. The van der Waals surface area contributed by atoms with Gasteiger partial charge in [0.2, 0.25) is 0 Å². The Morgan fingerprint density at radius 2 is 1.90 bits per heavy atom. The van der Waals surface area contributed by atoms with Gasteiger partial charge < -0.3 is 10.4 Å². The number of phenolic OH excluding ortho intramolecular Hbond substituents is 1. The van der Waals surface area contributed by atoms with Crippen molar-refractivity contribution in [1.82, 2.24) is 0 Å². The quantitative estimate of drug-likeness (QED) is 0.507. The van der Waals surface area contributed by atoms with Gasteiger partial charge in [-0.05, 0) is 43.2 Å². The van der Waals surface area contributed by atoms with Crippen molar-refractivity contribution in [2.45, 2.75) is 20.4 Å². The maximum atomic E-state index is 10.9. The van der Waals surface area contributed by atoms with Crippen LogP contribution in [-0.2, 0) is 6.54 Å². The normalized spacial score (nSPS) is 10.3. The molecule has 0 aliphatic carbocycles. The van der Waals surface area contributed by atoms with E-state index in [1.165, 1.54) is 0 Å². The van der Waals surface area contributed by atoms with Crippen LogP contribution in [0.2, 0.25) is 0 Å². The zero-order chi connectivity index (χ0) is 14.7. The number of rotatable bonds is 4. The first-order valence-corrected chi connectivity index (χ1v) is 6.25. The summed E-state index contributed by atoms with van der Waals surface area (Å²) in [6, 6.07) is 10.4. The van der Waals surface area contributed by atoms with E-state index in [0.717, 1.165) is 16.8 Å². The molecular formula is C15H16N2O3. The molecule has 0 radical (unpaired) electrons. The third-order valence-electron chi connectivity index (χ3n) is 3.16. The number of hydrogen-bond acceptors (Lipinski definition) is 4. The Morgan fingerprint density at radius 1 is 1.15 bits per heavy atom. The van der Waals surface area contributed by atoms with Crippen LogP contribution in [0.4, 0.5) is 11.4 Å². The highest BCUT2D eigenvalue weighted by Gasteiger charge is 2.10. The fraction of sp³-hybridized carbons (Fsp3) is 0.200. The minimum absolute atomic E-state index is 0.131. The van der Waals surface area contributed by atoms with Crippen LogP contribution in [0.3, 0.4) is 0 Å². The zero-order valence-corrected chi connectivity index (χ0v) is 11.4. The summed E-state index contributed by atoms with van der Waals surface area (Å²) in [4.78, 5) is 10.5. The van der Waals surface area contributed by atoms with Gasteiger partial charge in [-0.1, -0.05) is 12.1 Å². The van der Waals surface area contributed by atoms with E-state index in [1.54, 1.807) is 31.2 Å². The van der Waals surface area contributed by atoms with Gasteiger partial charge in [0.1, 0.15) is 5.75 Å². The number of nitro benzene ring substituents is 1. The molecule has 2 rings (SSSR count). The van der Waals surface area contributed by atoms with Crippen LogP contribution in [0.1, 0.15) is 16.7 Å². The highest BCUT2D eigenvalue weighted by molar-refractivity contribution is 5.51. The molecule has 0 bridgehead atoms. The van der Waals surface area contributed by atoms with Crippen LogP contribution in [-0.4, -0.2) is 10.0 Å². The molecule has 0 amide bonds. The molecule has 0 aliphatic rings. The third-order valence-corrected chi connectivity index (χ3v) is 3.16. The average molecular weight is 272 g/mol. The van der Waals surface area contributed by atoms with Crippen LogP contribution in [0.5, 0.6) is 5.75 Å². The van der Waals surface area contributed by atoms with E-state index in [0.29, 0.717) is 12.1 Å². The zero-order valence-electron chi connectivity index (χ0n) is 11.4. The lowest BCUT2D eigenvalue weighted by molar-refractivity contribution is -0.385. The minimum atomic E-state index is -0.371. The molecule has 0 atom stereocenters. The molecular weight excluding hydrogens is 256 g/mol. The highest BCUT2D eigenvalue weighted by atomic mass is 16.6. The minimum Gasteiger partial charge on any atom is -0.508 e. The molecule has 0 spiro atoms. The van der Waals surface area contributed by atoms with Gasteiger partial charge in [0, 0.05) is 23.9 Å². The van der Waals surface area contributed by atoms with Crippen molar-refractivity contribution >= 4 is 11.4 Å². The molecule has 0 unspecified atom stereocenters. The smallest absolute Gasteiger partial charge is 0.272 e. The lowest BCUT2D eigenvalue weighted by atomic mass is 10.1. The molecule has 0 saturated heterocycles. The molecule has 20 heavy (non-hydrogen) atoms. The number of anilines is 1. The number of phenols is 1. The van der Waals surface area contributed by atoms with E-state index in [2.05, 4.69) is 5.32 Å². The van der Waals surface area contributed by atoms with Gasteiger partial charge in [-0.25, -0.2) is 0 Å². The summed E-state index contributed by atoms with van der Waals surface area (Å²) in [5, 5.41) is 23.5. The van der Waals surface area contributed by atoms with Crippen LogP contribution in [0, 0.1) is 24.0 Å². The fourth-order valence-corrected chi connectivity index (χ4v) is 1.93. The number of benzene rings is 2. The van der Waals surface area contributed by atoms with Crippen LogP contribution >= 0.6 is 0 Å². The summed E-state index contributed by atoms with van der Waals surface area (Å²) in [5.41, 5.74) is 3.27. The molecule has 2 aromatic rings. The van der Waals surface area contributed by atoms with E-state index >= 15 is 0 Å². The number of nitrogens with one attached hydrogen (secondary N) is 1. The van der Waals surface area contributed by atoms with Crippen LogP contribution < -0.4 is 5.32 Å². The van der Waals surface area contributed by atoms with E-state index in [4.69, 9.17) is 0 Å². The Hall–Kier alpha value is -2.56. The molecule has 0 aliphatic heterocycles. The molecule has 0 heterocycles. The van der Waals surface area contributed by atoms with Crippen molar-refractivity contribution < 1.29 is 10.0 Å². The van der Waals surface area contributed by atoms with Crippen molar-refractivity contribution in [1.29, 1.82) is 0 Å². The molecule has 104 valence electrons. The number of nitrogens with zero attached hydrogens (tertiary/aromatic N) is 1. The van der Waals surface area contributed by atoms with Gasteiger partial charge in [-0.3, -0.25) is 10.1 Å². The van der Waals surface area contributed by atoms with Gasteiger partial charge in [-0.15, -0.1) is 0 Å². The first-order valence-electron chi connectivity index (χ1n) is 6.25. The Morgan fingerprint density at radius 3 is 2.55 bits per heavy atom. The molecule has 5 heteroatoms. The van der Waals surface area contributed by atoms with E-state index < -0.39 is 0 Å². The second kappa shape index (κ2) is 5.61. The second-order valence-corrected chi connectivity index (χ2v) is 4.73. The summed E-state index contributed by atoms with van der Waals surface area (Å²) in [6.45, 7) is 4.03. The molecule has 0 saturated carbocycles. The molecule has 2 aromatic carbocycles. The van der Waals surface area contributed by atoms with E-state index in [-0.39, 0.29) is 16.4 Å². The third kappa shape index (κ3) is 3.06. The summed E-state index contributed by atoms with van der Waals surface area (Å²) in [7, 11) is 0. The van der Waals surface area contributed by atoms with Crippen molar-refractivity contribution in [3.63, 3.8) is 0 Å². The first-order chi connectivity index (χ1) is 9.47. The summed E-state index contributed by atoms with van der Waals surface area (Å²) in [6.07, 6.45) is 0. The largest absolute Gasteiger partial charge is 0.508 e.